The van der Waals surface area contributed by atoms with E-state index in [4.69, 9.17) is 11.6 Å². The molecule has 3 aromatic rings. The molecule has 1 aromatic heterocycles. The third kappa shape index (κ3) is 3.12. The van der Waals surface area contributed by atoms with Crippen molar-refractivity contribution in [2.75, 3.05) is 5.32 Å². The molecule has 0 aliphatic carbocycles. The molecule has 0 fully saturated rings. The molecule has 0 aliphatic heterocycles. The minimum atomic E-state index is -0.208. The average molecular weight is 326 g/mol. The van der Waals surface area contributed by atoms with Gasteiger partial charge in [-0.2, -0.15) is 5.10 Å². The van der Waals surface area contributed by atoms with E-state index in [-0.39, 0.29) is 5.91 Å². The Labute approximate surface area is 139 Å². The molecule has 0 aliphatic rings. The van der Waals surface area contributed by atoms with E-state index >= 15 is 0 Å². The summed E-state index contributed by atoms with van der Waals surface area (Å²) >= 11 is 6.15. The van der Waals surface area contributed by atoms with E-state index in [9.17, 15) is 4.79 Å². The first-order valence-corrected chi connectivity index (χ1v) is 7.60. The number of carbonyl (C=O) groups excluding carboxylic acids is 1. The number of carbonyl (C=O) groups is 1. The number of aryl methyl sites for hydroxylation is 2. The predicted molar refractivity (Wildman–Crippen MR) is 94.6 cm³/mol. The van der Waals surface area contributed by atoms with Crippen molar-refractivity contribution in [2.45, 2.75) is 6.92 Å². The molecule has 0 spiro atoms. The summed E-state index contributed by atoms with van der Waals surface area (Å²) in [5, 5.41) is 9.72. The fourth-order valence-electron chi connectivity index (χ4n) is 2.50. The molecular formula is C18H16ClN3O. The molecule has 5 heteroatoms. The Morgan fingerprint density at radius 2 is 1.96 bits per heavy atom. The summed E-state index contributed by atoms with van der Waals surface area (Å²) in [6.45, 7) is 1.86. The largest absolute Gasteiger partial charge is 0.322 e. The molecule has 116 valence electrons. The lowest BCUT2D eigenvalue weighted by molar-refractivity contribution is -0.111. The minimum Gasteiger partial charge on any atom is -0.322 e. The molecule has 3 rings (SSSR count). The lowest BCUT2D eigenvalue weighted by Crippen LogP contribution is -2.08. The maximum atomic E-state index is 12.2. The second-order valence-corrected chi connectivity index (χ2v) is 5.62. The van der Waals surface area contributed by atoms with Crippen molar-refractivity contribution in [3.63, 3.8) is 0 Å². The Kier molecular flexibility index (Phi) is 4.17. The SMILES string of the molecule is Cc1nn(C)c(Cl)c1/C=C/C(=O)Nc1cccc2ccccc12. The van der Waals surface area contributed by atoms with Crippen LogP contribution in [0.1, 0.15) is 11.3 Å². The van der Waals surface area contributed by atoms with Gasteiger partial charge in [-0.15, -0.1) is 0 Å². The summed E-state index contributed by atoms with van der Waals surface area (Å²) in [4.78, 5) is 12.2. The van der Waals surface area contributed by atoms with Gasteiger partial charge >= 0.3 is 0 Å². The quantitative estimate of drug-likeness (QED) is 0.734. The van der Waals surface area contributed by atoms with Crippen molar-refractivity contribution in [2.24, 2.45) is 7.05 Å². The van der Waals surface area contributed by atoms with Crippen LogP contribution in [0.2, 0.25) is 5.15 Å². The number of nitrogens with one attached hydrogen (secondary N) is 1. The molecule has 4 nitrogen and oxygen atoms in total. The van der Waals surface area contributed by atoms with E-state index in [1.54, 1.807) is 17.8 Å². The molecule has 0 atom stereocenters. The monoisotopic (exact) mass is 325 g/mol. The lowest BCUT2D eigenvalue weighted by atomic mass is 10.1. The molecular weight excluding hydrogens is 310 g/mol. The number of aromatic nitrogens is 2. The van der Waals surface area contributed by atoms with Crippen LogP contribution in [0, 0.1) is 6.92 Å². The van der Waals surface area contributed by atoms with Crippen LogP contribution in [0.5, 0.6) is 0 Å². The summed E-state index contributed by atoms with van der Waals surface area (Å²) in [6, 6.07) is 13.7. The predicted octanol–water partition coefficient (Wildman–Crippen LogP) is 4.19. The zero-order valence-electron chi connectivity index (χ0n) is 12.9. The summed E-state index contributed by atoms with van der Waals surface area (Å²) in [7, 11) is 1.77. The lowest BCUT2D eigenvalue weighted by Gasteiger charge is -2.06. The van der Waals surface area contributed by atoms with E-state index in [1.165, 1.54) is 6.08 Å². The van der Waals surface area contributed by atoms with Gasteiger partial charge in [-0.1, -0.05) is 48.0 Å². The number of fused-ring (bicyclic) bond motifs is 1. The maximum absolute atomic E-state index is 12.2. The first-order valence-electron chi connectivity index (χ1n) is 7.22. The highest BCUT2D eigenvalue weighted by atomic mass is 35.5. The van der Waals surface area contributed by atoms with Crippen molar-refractivity contribution in [1.29, 1.82) is 0 Å². The van der Waals surface area contributed by atoms with Gasteiger partial charge in [0.2, 0.25) is 5.91 Å². The summed E-state index contributed by atoms with van der Waals surface area (Å²) < 4.78 is 1.58. The highest BCUT2D eigenvalue weighted by Gasteiger charge is 2.09. The van der Waals surface area contributed by atoms with E-state index in [2.05, 4.69) is 10.4 Å². The topological polar surface area (TPSA) is 46.9 Å². The van der Waals surface area contributed by atoms with Crippen molar-refractivity contribution in [3.05, 3.63) is 65.0 Å². The third-order valence-electron chi connectivity index (χ3n) is 3.65. The van der Waals surface area contributed by atoms with Crippen LogP contribution in [-0.4, -0.2) is 15.7 Å². The first kappa shape index (κ1) is 15.3. The number of rotatable bonds is 3. The zero-order valence-corrected chi connectivity index (χ0v) is 13.6. The second-order valence-electron chi connectivity index (χ2n) is 5.26. The first-order chi connectivity index (χ1) is 11.1. The average Bonchev–Trinajstić information content (AvgIpc) is 2.78. The normalized spacial score (nSPS) is 11.3. The molecule has 23 heavy (non-hydrogen) atoms. The molecule has 0 unspecified atom stereocenters. The molecule has 2 aromatic carbocycles. The third-order valence-corrected chi connectivity index (χ3v) is 4.09. The van der Waals surface area contributed by atoms with Gasteiger partial charge in [0.05, 0.1) is 5.69 Å². The highest BCUT2D eigenvalue weighted by Crippen LogP contribution is 2.23. The Balaban J connectivity index is 1.83. The van der Waals surface area contributed by atoms with Crippen LogP contribution >= 0.6 is 11.6 Å². The Morgan fingerprint density at radius 3 is 2.70 bits per heavy atom. The molecule has 0 saturated heterocycles. The van der Waals surface area contributed by atoms with Gasteiger partial charge in [0, 0.05) is 29.8 Å². The van der Waals surface area contributed by atoms with Crippen molar-refractivity contribution < 1.29 is 4.79 Å². The van der Waals surface area contributed by atoms with Crippen molar-refractivity contribution >= 4 is 40.0 Å². The fourth-order valence-corrected chi connectivity index (χ4v) is 2.74. The smallest absolute Gasteiger partial charge is 0.248 e. The fraction of sp³-hybridized carbons (Fsp3) is 0.111. The van der Waals surface area contributed by atoms with E-state index in [0.717, 1.165) is 27.7 Å². The number of hydrogen-bond acceptors (Lipinski definition) is 2. The molecule has 0 saturated carbocycles. The summed E-state index contributed by atoms with van der Waals surface area (Å²) in [5.41, 5.74) is 2.32. The zero-order chi connectivity index (χ0) is 16.4. The molecule has 0 radical (unpaired) electrons. The second kappa shape index (κ2) is 6.26. The van der Waals surface area contributed by atoms with Crippen LogP contribution in [0.25, 0.3) is 16.8 Å². The maximum Gasteiger partial charge on any atom is 0.248 e. The molecule has 1 heterocycles. The number of halogens is 1. The van der Waals surface area contributed by atoms with Crippen LogP contribution in [0.3, 0.4) is 0 Å². The summed E-state index contributed by atoms with van der Waals surface area (Å²) in [6.07, 6.45) is 3.16. The van der Waals surface area contributed by atoms with Gasteiger partial charge in [-0.25, -0.2) is 0 Å². The van der Waals surface area contributed by atoms with Crippen LogP contribution in [0.4, 0.5) is 5.69 Å². The molecule has 1 N–H and O–H groups in total. The van der Waals surface area contributed by atoms with E-state index in [0.29, 0.717) is 5.15 Å². The number of anilines is 1. The van der Waals surface area contributed by atoms with Crippen LogP contribution in [-0.2, 0) is 11.8 Å². The Morgan fingerprint density at radius 1 is 1.22 bits per heavy atom. The van der Waals surface area contributed by atoms with Gasteiger partial charge in [0.25, 0.3) is 0 Å². The van der Waals surface area contributed by atoms with E-state index in [1.807, 2.05) is 49.4 Å². The Bertz CT molecular complexity index is 907. The summed E-state index contributed by atoms with van der Waals surface area (Å²) in [5.74, 6) is -0.208. The van der Waals surface area contributed by atoms with Crippen LogP contribution in [0.15, 0.2) is 48.5 Å². The van der Waals surface area contributed by atoms with E-state index < -0.39 is 0 Å². The molecule has 0 bridgehead atoms. The highest BCUT2D eigenvalue weighted by molar-refractivity contribution is 6.31. The van der Waals surface area contributed by atoms with Gasteiger partial charge in [0.15, 0.2) is 0 Å². The number of nitrogens with zero attached hydrogens (tertiary/aromatic N) is 2. The van der Waals surface area contributed by atoms with Gasteiger partial charge in [-0.3, -0.25) is 9.48 Å². The number of amides is 1. The van der Waals surface area contributed by atoms with Gasteiger partial charge in [0.1, 0.15) is 5.15 Å². The molecule has 1 amide bonds. The standard InChI is InChI=1S/C18H16ClN3O/c1-12-14(18(19)22(2)21-12)10-11-17(23)20-16-9-5-7-13-6-3-4-8-15(13)16/h3-11H,1-2H3,(H,20,23)/b11-10+. The van der Waals surface area contributed by atoms with Gasteiger partial charge in [-0.05, 0) is 24.5 Å². The minimum absolute atomic E-state index is 0.208. The van der Waals surface area contributed by atoms with Crippen molar-refractivity contribution in [3.8, 4) is 0 Å². The Hall–Kier alpha value is -2.59. The van der Waals surface area contributed by atoms with Crippen molar-refractivity contribution in [1.82, 2.24) is 9.78 Å². The van der Waals surface area contributed by atoms with Crippen LogP contribution < -0.4 is 5.32 Å². The number of hydrogen-bond donors (Lipinski definition) is 1. The number of benzene rings is 2. The van der Waals surface area contributed by atoms with Gasteiger partial charge < -0.3 is 5.32 Å².